The normalized spacial score (nSPS) is 10.8. The molecule has 0 saturated heterocycles. The minimum atomic E-state index is 0.703. The number of para-hydroxylation sites is 2. The summed E-state index contributed by atoms with van der Waals surface area (Å²) in [6.07, 6.45) is 6.98. The highest BCUT2D eigenvalue weighted by atomic mass is 15.1. The molecule has 0 amide bonds. The van der Waals surface area contributed by atoms with E-state index in [1.165, 1.54) is 0 Å². The number of fused-ring (bicyclic) bond motifs is 1. The zero-order chi connectivity index (χ0) is 10.8. The summed E-state index contributed by atoms with van der Waals surface area (Å²) in [5, 5.41) is 0. The van der Waals surface area contributed by atoms with Crippen LogP contribution in [0.3, 0.4) is 0 Å². The van der Waals surface area contributed by atoms with Crippen molar-refractivity contribution in [2.75, 3.05) is 0 Å². The summed E-state index contributed by atoms with van der Waals surface area (Å²) in [7, 11) is 0. The van der Waals surface area contributed by atoms with E-state index < -0.39 is 0 Å². The quantitative estimate of drug-likeness (QED) is 0.648. The molecule has 0 atom stereocenters. The van der Waals surface area contributed by atoms with Crippen molar-refractivity contribution in [2.24, 2.45) is 0 Å². The summed E-state index contributed by atoms with van der Waals surface area (Å²) in [6.45, 7) is 0.703. The van der Waals surface area contributed by atoms with Crippen LogP contribution in [-0.2, 0) is 6.54 Å². The van der Waals surface area contributed by atoms with Crippen LogP contribution in [0, 0.1) is 0 Å². The molecule has 4 nitrogen and oxygen atoms in total. The van der Waals surface area contributed by atoms with Crippen LogP contribution in [0.15, 0.2) is 49.2 Å². The largest absolute Gasteiger partial charge is 0.324 e. The lowest BCUT2D eigenvalue weighted by Gasteiger charge is -2.02. The standard InChI is InChI=1S/C12H10N4/c1-2-4-12-11(3-1)15-9-16(12)8-10-7-13-5-6-14-10/h1-7,9H,8H2. The van der Waals surface area contributed by atoms with E-state index >= 15 is 0 Å². The van der Waals surface area contributed by atoms with Gasteiger partial charge in [0.2, 0.25) is 0 Å². The molecule has 0 spiro atoms. The first-order valence-corrected chi connectivity index (χ1v) is 5.08. The van der Waals surface area contributed by atoms with E-state index in [0.717, 1.165) is 16.7 Å². The van der Waals surface area contributed by atoms with Crippen molar-refractivity contribution in [3.8, 4) is 0 Å². The fraction of sp³-hybridized carbons (Fsp3) is 0.0833. The number of imidazole rings is 1. The summed E-state index contributed by atoms with van der Waals surface area (Å²) in [4.78, 5) is 12.6. The third-order valence-corrected chi connectivity index (χ3v) is 2.48. The second-order valence-corrected chi connectivity index (χ2v) is 3.56. The molecule has 0 aliphatic rings. The summed E-state index contributed by atoms with van der Waals surface area (Å²) >= 11 is 0. The summed E-state index contributed by atoms with van der Waals surface area (Å²) in [5.41, 5.74) is 3.06. The molecule has 16 heavy (non-hydrogen) atoms. The Kier molecular flexibility index (Phi) is 2.11. The lowest BCUT2D eigenvalue weighted by Crippen LogP contribution is -2.00. The van der Waals surface area contributed by atoms with Crippen LogP contribution in [0.25, 0.3) is 11.0 Å². The summed E-state index contributed by atoms with van der Waals surface area (Å²) < 4.78 is 2.07. The Balaban J connectivity index is 2.01. The smallest absolute Gasteiger partial charge is 0.0962 e. The zero-order valence-electron chi connectivity index (χ0n) is 8.61. The maximum Gasteiger partial charge on any atom is 0.0962 e. The summed E-state index contributed by atoms with van der Waals surface area (Å²) in [5.74, 6) is 0. The van der Waals surface area contributed by atoms with E-state index in [9.17, 15) is 0 Å². The van der Waals surface area contributed by atoms with Gasteiger partial charge in [-0.1, -0.05) is 12.1 Å². The van der Waals surface area contributed by atoms with Gasteiger partial charge in [0.25, 0.3) is 0 Å². The number of nitrogens with zero attached hydrogens (tertiary/aromatic N) is 4. The highest BCUT2D eigenvalue weighted by Gasteiger charge is 2.02. The monoisotopic (exact) mass is 210 g/mol. The molecule has 0 radical (unpaired) electrons. The molecule has 0 aliphatic carbocycles. The predicted molar refractivity (Wildman–Crippen MR) is 60.9 cm³/mol. The Bertz CT molecular complexity index is 600. The minimum Gasteiger partial charge on any atom is -0.324 e. The maximum absolute atomic E-state index is 4.33. The minimum absolute atomic E-state index is 0.703. The molecule has 0 fully saturated rings. The van der Waals surface area contributed by atoms with Gasteiger partial charge in [0, 0.05) is 12.4 Å². The van der Waals surface area contributed by atoms with Crippen molar-refractivity contribution in [1.29, 1.82) is 0 Å². The molecule has 78 valence electrons. The first-order chi connectivity index (χ1) is 7.93. The van der Waals surface area contributed by atoms with Crippen LogP contribution in [0.2, 0.25) is 0 Å². The van der Waals surface area contributed by atoms with Crippen LogP contribution in [0.1, 0.15) is 5.69 Å². The van der Waals surface area contributed by atoms with Crippen LogP contribution in [-0.4, -0.2) is 19.5 Å². The average molecular weight is 210 g/mol. The molecule has 4 heteroatoms. The Hall–Kier alpha value is -2.23. The van der Waals surface area contributed by atoms with Gasteiger partial charge in [0.1, 0.15) is 0 Å². The van der Waals surface area contributed by atoms with Crippen LogP contribution in [0.5, 0.6) is 0 Å². The molecule has 3 aromatic rings. The fourth-order valence-electron chi connectivity index (χ4n) is 1.72. The zero-order valence-corrected chi connectivity index (χ0v) is 8.61. The molecule has 0 saturated carbocycles. The molecule has 2 aromatic heterocycles. The van der Waals surface area contributed by atoms with Crippen molar-refractivity contribution in [3.05, 3.63) is 54.9 Å². The van der Waals surface area contributed by atoms with Crippen LogP contribution in [0.4, 0.5) is 0 Å². The SMILES string of the molecule is c1ccc2c(c1)ncn2Cc1cnccn1. The Morgan fingerprint density at radius 1 is 1.06 bits per heavy atom. The van der Waals surface area contributed by atoms with Gasteiger partial charge in [-0.25, -0.2) is 4.98 Å². The first kappa shape index (κ1) is 9.03. The fourth-order valence-corrected chi connectivity index (χ4v) is 1.72. The van der Waals surface area contributed by atoms with Gasteiger partial charge in [-0.3, -0.25) is 9.97 Å². The summed E-state index contributed by atoms with van der Waals surface area (Å²) in [6, 6.07) is 8.06. The Labute approximate surface area is 92.6 Å². The molecule has 1 aromatic carbocycles. The van der Waals surface area contributed by atoms with Crippen molar-refractivity contribution >= 4 is 11.0 Å². The van der Waals surface area contributed by atoms with E-state index in [4.69, 9.17) is 0 Å². The number of hydrogen-bond donors (Lipinski definition) is 0. The number of rotatable bonds is 2. The van der Waals surface area contributed by atoms with Gasteiger partial charge < -0.3 is 4.57 Å². The second-order valence-electron chi connectivity index (χ2n) is 3.56. The van der Waals surface area contributed by atoms with E-state index in [1.54, 1.807) is 18.6 Å². The lowest BCUT2D eigenvalue weighted by atomic mass is 10.3. The predicted octanol–water partition coefficient (Wildman–Crippen LogP) is 1.87. The van der Waals surface area contributed by atoms with Gasteiger partial charge in [0.15, 0.2) is 0 Å². The van der Waals surface area contributed by atoms with E-state index in [0.29, 0.717) is 6.54 Å². The second kappa shape index (κ2) is 3.73. The average Bonchev–Trinajstić information content (AvgIpc) is 2.74. The van der Waals surface area contributed by atoms with Crippen molar-refractivity contribution < 1.29 is 0 Å². The molecular formula is C12H10N4. The Morgan fingerprint density at radius 2 is 2.00 bits per heavy atom. The third kappa shape index (κ3) is 1.54. The molecular weight excluding hydrogens is 200 g/mol. The first-order valence-electron chi connectivity index (χ1n) is 5.08. The van der Waals surface area contributed by atoms with Gasteiger partial charge in [0.05, 0.1) is 35.8 Å². The van der Waals surface area contributed by atoms with Gasteiger partial charge in [-0.15, -0.1) is 0 Å². The van der Waals surface area contributed by atoms with Crippen molar-refractivity contribution in [2.45, 2.75) is 6.54 Å². The molecule has 2 heterocycles. The van der Waals surface area contributed by atoms with E-state index in [1.807, 2.05) is 24.5 Å². The van der Waals surface area contributed by atoms with Crippen molar-refractivity contribution in [1.82, 2.24) is 19.5 Å². The third-order valence-electron chi connectivity index (χ3n) is 2.48. The highest BCUT2D eigenvalue weighted by molar-refractivity contribution is 5.74. The molecule has 3 rings (SSSR count). The topological polar surface area (TPSA) is 43.6 Å². The number of benzene rings is 1. The molecule has 0 bridgehead atoms. The van der Waals surface area contributed by atoms with E-state index in [-0.39, 0.29) is 0 Å². The Morgan fingerprint density at radius 3 is 2.88 bits per heavy atom. The van der Waals surface area contributed by atoms with Crippen LogP contribution >= 0.6 is 0 Å². The van der Waals surface area contributed by atoms with Gasteiger partial charge in [-0.2, -0.15) is 0 Å². The van der Waals surface area contributed by atoms with Gasteiger partial charge >= 0.3 is 0 Å². The number of aromatic nitrogens is 4. The lowest BCUT2D eigenvalue weighted by molar-refractivity contribution is 0.790. The molecule has 0 N–H and O–H groups in total. The molecule has 0 unspecified atom stereocenters. The maximum atomic E-state index is 4.33. The van der Waals surface area contributed by atoms with Crippen molar-refractivity contribution in [3.63, 3.8) is 0 Å². The highest BCUT2D eigenvalue weighted by Crippen LogP contribution is 2.12. The van der Waals surface area contributed by atoms with E-state index in [2.05, 4.69) is 25.6 Å². The number of hydrogen-bond acceptors (Lipinski definition) is 3. The van der Waals surface area contributed by atoms with Crippen LogP contribution < -0.4 is 0 Å². The van der Waals surface area contributed by atoms with Gasteiger partial charge in [-0.05, 0) is 12.1 Å². The molecule has 0 aliphatic heterocycles.